The highest BCUT2D eigenvalue weighted by molar-refractivity contribution is 6.35. The number of nitrogens with one attached hydrogen (secondary N) is 1. The van der Waals surface area contributed by atoms with E-state index in [2.05, 4.69) is 25.1 Å². The lowest BCUT2D eigenvalue weighted by Crippen LogP contribution is -2.61. The zero-order valence-electron chi connectivity index (χ0n) is 17.5. The van der Waals surface area contributed by atoms with Gasteiger partial charge in [-0.05, 0) is 24.6 Å². The van der Waals surface area contributed by atoms with Crippen molar-refractivity contribution in [3.8, 4) is 18.2 Å². The summed E-state index contributed by atoms with van der Waals surface area (Å²) < 4.78 is 12.3. The Morgan fingerprint density at radius 3 is 2.32 bits per heavy atom. The molecule has 2 aliphatic heterocycles. The van der Waals surface area contributed by atoms with Crippen LogP contribution in [0.3, 0.4) is 0 Å². The molecular weight excluding hydrogens is 435 g/mol. The quantitative estimate of drug-likeness (QED) is 0.496. The van der Waals surface area contributed by atoms with Gasteiger partial charge in [-0.25, -0.2) is 0 Å². The summed E-state index contributed by atoms with van der Waals surface area (Å²) in [7, 11) is 0. The lowest BCUT2D eigenvalue weighted by Gasteiger charge is -2.49. The molecule has 2 fully saturated rings. The van der Waals surface area contributed by atoms with Crippen LogP contribution >= 0.6 is 23.2 Å². The van der Waals surface area contributed by atoms with Gasteiger partial charge in [0, 0.05) is 10.6 Å². The molecule has 31 heavy (non-hydrogen) atoms. The molecule has 0 saturated carbocycles. The topological polar surface area (TPSA) is 114 Å². The van der Waals surface area contributed by atoms with E-state index in [9.17, 15) is 15.8 Å². The molecule has 0 aliphatic carbocycles. The highest BCUT2D eigenvalue weighted by Crippen LogP contribution is 2.66. The van der Waals surface area contributed by atoms with E-state index in [0.29, 0.717) is 17.0 Å². The van der Waals surface area contributed by atoms with Gasteiger partial charge >= 0.3 is 0 Å². The van der Waals surface area contributed by atoms with Crippen LogP contribution in [0, 0.1) is 56.2 Å². The second kappa shape index (κ2) is 8.68. The summed E-state index contributed by atoms with van der Waals surface area (Å²) >= 11 is 12.5. The van der Waals surface area contributed by atoms with Gasteiger partial charge in [-0.3, -0.25) is 5.41 Å². The Kier molecular flexibility index (Phi) is 6.54. The molecule has 0 radical (unpaired) electrons. The third-order valence-corrected chi connectivity index (χ3v) is 7.21. The van der Waals surface area contributed by atoms with Gasteiger partial charge in [0.1, 0.15) is 0 Å². The van der Waals surface area contributed by atoms with E-state index in [1.165, 1.54) is 0 Å². The van der Waals surface area contributed by atoms with Crippen molar-refractivity contribution >= 4 is 29.1 Å². The van der Waals surface area contributed by atoms with Crippen LogP contribution in [0.15, 0.2) is 18.2 Å². The minimum absolute atomic E-state index is 0.268. The molecule has 1 aromatic rings. The smallest absolute Gasteiger partial charge is 0.245 e. The Balaban J connectivity index is 2.13. The van der Waals surface area contributed by atoms with Crippen LogP contribution in [-0.2, 0) is 15.3 Å². The van der Waals surface area contributed by atoms with Gasteiger partial charge in [0.25, 0.3) is 0 Å². The highest BCUT2D eigenvalue weighted by atomic mass is 35.5. The summed E-state index contributed by atoms with van der Waals surface area (Å²) in [5.41, 5.74) is -3.23. The van der Waals surface area contributed by atoms with Gasteiger partial charge in [0.15, 0.2) is 10.8 Å². The van der Waals surface area contributed by atoms with E-state index < -0.39 is 34.5 Å². The Bertz CT molecular complexity index is 994. The molecule has 4 unspecified atom stereocenters. The number of nitrogens with zero attached hydrogens (tertiary/aromatic N) is 3. The van der Waals surface area contributed by atoms with Crippen molar-refractivity contribution < 1.29 is 9.47 Å². The van der Waals surface area contributed by atoms with Gasteiger partial charge in [-0.2, -0.15) is 15.8 Å². The fraction of sp³-hybridized carbons (Fsp3) is 0.565. The molecule has 0 aromatic heterocycles. The molecule has 0 spiro atoms. The number of hydrogen-bond acceptors (Lipinski definition) is 6. The highest BCUT2D eigenvalue weighted by Gasteiger charge is 2.79. The van der Waals surface area contributed by atoms with Crippen LogP contribution in [0.1, 0.15) is 57.9 Å². The number of halogens is 2. The van der Waals surface area contributed by atoms with Gasteiger partial charge < -0.3 is 9.47 Å². The summed E-state index contributed by atoms with van der Waals surface area (Å²) in [4.78, 5) is 0. The first-order valence-corrected chi connectivity index (χ1v) is 11.2. The molecular formula is C23H24Cl2N4O2. The SMILES string of the molecule is CCCCCCCC1OC2(c3ccc(Cl)cc3Cl)OC(=N)C(C#N)(C2C)C1(C#N)C#N. The number of ether oxygens (including phenoxy) is 2. The number of unbranched alkanes of at least 4 members (excludes halogenated alkanes) is 4. The molecule has 2 heterocycles. The van der Waals surface area contributed by atoms with Crippen molar-refractivity contribution in [2.75, 3.05) is 0 Å². The third-order valence-electron chi connectivity index (χ3n) is 6.66. The predicted octanol–water partition coefficient (Wildman–Crippen LogP) is 6.09. The first kappa shape index (κ1) is 23.4. The van der Waals surface area contributed by atoms with Gasteiger partial charge in [0.2, 0.25) is 11.7 Å². The fourth-order valence-electron chi connectivity index (χ4n) is 4.92. The minimum atomic E-state index is -1.87. The zero-order chi connectivity index (χ0) is 22.9. The molecule has 4 atom stereocenters. The van der Waals surface area contributed by atoms with Crippen molar-refractivity contribution in [1.29, 1.82) is 21.2 Å². The van der Waals surface area contributed by atoms with Crippen LogP contribution in [-0.4, -0.2) is 12.0 Å². The molecule has 1 N–H and O–H groups in total. The van der Waals surface area contributed by atoms with Crippen molar-refractivity contribution in [3.63, 3.8) is 0 Å². The normalized spacial score (nSPS) is 30.7. The monoisotopic (exact) mass is 458 g/mol. The van der Waals surface area contributed by atoms with Crippen LogP contribution in [0.2, 0.25) is 10.0 Å². The van der Waals surface area contributed by atoms with Crippen LogP contribution in [0.25, 0.3) is 0 Å². The second-order valence-electron chi connectivity index (χ2n) is 8.21. The largest absolute Gasteiger partial charge is 0.443 e. The molecule has 1 aromatic carbocycles. The minimum Gasteiger partial charge on any atom is -0.443 e. The van der Waals surface area contributed by atoms with Crippen molar-refractivity contribution in [3.05, 3.63) is 33.8 Å². The number of hydrogen-bond donors (Lipinski definition) is 1. The maximum absolute atomic E-state index is 10.3. The molecule has 6 nitrogen and oxygen atoms in total. The summed E-state index contributed by atoms with van der Waals surface area (Å²) in [6.07, 6.45) is 4.35. The Morgan fingerprint density at radius 2 is 1.74 bits per heavy atom. The standard InChI is InChI=1S/C23H24Cl2N4O2/c1-3-4-5-6-7-8-19-21(12-26,13-27)22(14-28)15(2)23(30-19,31-20(22)29)17-10-9-16(24)11-18(17)25/h9-11,15,19,29H,3-8H2,1-2H3. The lowest BCUT2D eigenvalue weighted by molar-refractivity contribution is -0.286. The van der Waals surface area contributed by atoms with E-state index in [4.69, 9.17) is 38.1 Å². The van der Waals surface area contributed by atoms with Crippen molar-refractivity contribution in [2.45, 2.75) is 64.3 Å². The first-order chi connectivity index (χ1) is 14.8. The molecule has 8 heteroatoms. The Morgan fingerprint density at radius 1 is 1.06 bits per heavy atom. The summed E-state index contributed by atoms with van der Waals surface area (Å²) in [6, 6.07) is 11.1. The van der Waals surface area contributed by atoms with E-state index in [0.717, 1.165) is 32.1 Å². The van der Waals surface area contributed by atoms with Crippen molar-refractivity contribution in [2.24, 2.45) is 16.7 Å². The van der Waals surface area contributed by atoms with Crippen LogP contribution in [0.5, 0.6) is 0 Å². The van der Waals surface area contributed by atoms with Gasteiger partial charge in [-0.1, -0.05) is 69.2 Å². The number of rotatable bonds is 7. The van der Waals surface area contributed by atoms with E-state index in [1.54, 1.807) is 25.1 Å². The number of benzene rings is 1. The summed E-state index contributed by atoms with van der Waals surface area (Å²) in [5.74, 6) is -2.82. The average molecular weight is 459 g/mol. The first-order valence-electron chi connectivity index (χ1n) is 10.4. The number of fused-ring (bicyclic) bond motifs is 2. The molecule has 0 amide bonds. The van der Waals surface area contributed by atoms with E-state index in [1.807, 2.05) is 0 Å². The van der Waals surface area contributed by atoms with Gasteiger partial charge in [-0.15, -0.1) is 0 Å². The van der Waals surface area contributed by atoms with Gasteiger partial charge in [0.05, 0.1) is 35.3 Å². The maximum Gasteiger partial charge on any atom is 0.245 e. The molecule has 3 rings (SSSR count). The van der Waals surface area contributed by atoms with Crippen molar-refractivity contribution in [1.82, 2.24) is 0 Å². The maximum atomic E-state index is 10.3. The molecule has 2 aliphatic rings. The second-order valence-corrected chi connectivity index (χ2v) is 9.05. The predicted molar refractivity (Wildman–Crippen MR) is 116 cm³/mol. The third kappa shape index (κ3) is 3.19. The summed E-state index contributed by atoms with van der Waals surface area (Å²) in [6.45, 7) is 3.79. The van der Waals surface area contributed by atoms with E-state index >= 15 is 0 Å². The van der Waals surface area contributed by atoms with Crippen LogP contribution in [0.4, 0.5) is 0 Å². The van der Waals surface area contributed by atoms with E-state index in [-0.39, 0.29) is 5.02 Å². The lowest BCUT2D eigenvalue weighted by atomic mass is 9.53. The number of nitriles is 3. The molecule has 2 saturated heterocycles. The Labute approximate surface area is 192 Å². The van der Waals surface area contributed by atoms with Crippen LogP contribution < -0.4 is 0 Å². The molecule has 2 bridgehead atoms. The Hall–Kier alpha value is -2.30. The fourth-order valence-corrected chi connectivity index (χ4v) is 5.46. The summed E-state index contributed by atoms with van der Waals surface area (Å²) in [5, 5.41) is 39.8. The average Bonchev–Trinajstić information content (AvgIpc) is 2.90. The zero-order valence-corrected chi connectivity index (χ0v) is 19.1. The molecule has 162 valence electrons.